The van der Waals surface area contributed by atoms with Crippen molar-refractivity contribution in [1.29, 1.82) is 0 Å². The number of benzene rings is 1. The van der Waals surface area contributed by atoms with Gasteiger partial charge >= 0.3 is 0 Å². The summed E-state index contributed by atoms with van der Waals surface area (Å²) in [6.07, 6.45) is 1.47. The highest BCUT2D eigenvalue weighted by molar-refractivity contribution is 5.97. The number of aromatic hydroxyl groups is 1. The molecule has 1 aromatic heterocycles. The van der Waals surface area contributed by atoms with Crippen LogP contribution in [-0.2, 0) is 4.79 Å². The average molecular weight is 343 g/mol. The second-order valence-corrected chi connectivity index (χ2v) is 5.31. The lowest BCUT2D eigenvalue weighted by Gasteiger charge is -2.19. The van der Waals surface area contributed by atoms with E-state index in [-0.39, 0.29) is 23.9 Å². The van der Waals surface area contributed by atoms with E-state index in [1.54, 1.807) is 12.1 Å². The van der Waals surface area contributed by atoms with Crippen molar-refractivity contribution in [2.75, 3.05) is 26.8 Å². The maximum atomic E-state index is 12.0. The molecule has 25 heavy (non-hydrogen) atoms. The van der Waals surface area contributed by atoms with Gasteiger partial charge < -0.3 is 25.2 Å². The first kappa shape index (κ1) is 16.6. The van der Waals surface area contributed by atoms with Gasteiger partial charge in [-0.25, -0.2) is 4.98 Å². The molecule has 0 fully saturated rings. The zero-order valence-electron chi connectivity index (χ0n) is 13.5. The van der Waals surface area contributed by atoms with Crippen molar-refractivity contribution >= 4 is 11.8 Å². The van der Waals surface area contributed by atoms with Gasteiger partial charge in [0, 0.05) is 18.8 Å². The van der Waals surface area contributed by atoms with Crippen LogP contribution in [0.2, 0.25) is 0 Å². The molecule has 0 bridgehead atoms. The first-order chi connectivity index (χ1) is 12.1. The van der Waals surface area contributed by atoms with Crippen molar-refractivity contribution in [3.8, 4) is 28.4 Å². The van der Waals surface area contributed by atoms with Crippen LogP contribution in [0.25, 0.3) is 11.1 Å². The van der Waals surface area contributed by atoms with E-state index in [0.29, 0.717) is 30.3 Å². The van der Waals surface area contributed by atoms with Gasteiger partial charge in [0.25, 0.3) is 5.91 Å². The van der Waals surface area contributed by atoms with Gasteiger partial charge in [0.2, 0.25) is 5.91 Å². The molecule has 8 nitrogen and oxygen atoms in total. The fourth-order valence-corrected chi connectivity index (χ4v) is 2.34. The number of rotatable bonds is 4. The lowest BCUT2D eigenvalue weighted by Crippen LogP contribution is -2.35. The summed E-state index contributed by atoms with van der Waals surface area (Å²) in [5, 5.41) is 14.9. The Kier molecular flexibility index (Phi) is 4.69. The predicted octanol–water partition coefficient (Wildman–Crippen LogP) is 0.701. The van der Waals surface area contributed by atoms with Crippen LogP contribution in [0.1, 0.15) is 10.5 Å². The highest BCUT2D eigenvalue weighted by Gasteiger charge is 2.16. The maximum absolute atomic E-state index is 12.0. The highest BCUT2D eigenvalue weighted by atomic mass is 16.6. The number of hydrogen-bond acceptors (Lipinski definition) is 6. The molecule has 1 aliphatic rings. The Labute approximate surface area is 143 Å². The number of carbonyl (C=O) groups is 2. The van der Waals surface area contributed by atoms with E-state index in [2.05, 4.69) is 15.6 Å². The number of hydrogen-bond donors (Lipinski definition) is 3. The van der Waals surface area contributed by atoms with Crippen LogP contribution in [-0.4, -0.2) is 48.7 Å². The molecule has 0 spiro atoms. The van der Waals surface area contributed by atoms with Crippen LogP contribution >= 0.6 is 0 Å². The average Bonchev–Trinajstić information content (AvgIpc) is 2.65. The van der Waals surface area contributed by atoms with Crippen molar-refractivity contribution in [2.24, 2.45) is 0 Å². The molecular weight excluding hydrogens is 326 g/mol. The second kappa shape index (κ2) is 7.08. The van der Waals surface area contributed by atoms with Crippen LogP contribution < -0.4 is 20.1 Å². The number of amides is 2. The molecule has 2 amide bonds. The Morgan fingerprint density at radius 2 is 1.92 bits per heavy atom. The Morgan fingerprint density at radius 3 is 2.64 bits per heavy atom. The summed E-state index contributed by atoms with van der Waals surface area (Å²) >= 11 is 0. The predicted molar refractivity (Wildman–Crippen MR) is 88.7 cm³/mol. The number of carbonyl (C=O) groups excluding carboxylic acids is 2. The van der Waals surface area contributed by atoms with Crippen molar-refractivity contribution in [3.05, 3.63) is 36.2 Å². The molecule has 3 rings (SSSR count). The molecule has 0 radical (unpaired) electrons. The zero-order valence-corrected chi connectivity index (χ0v) is 13.5. The van der Waals surface area contributed by atoms with Gasteiger partial charge in [0.1, 0.15) is 19.0 Å². The molecule has 0 saturated heterocycles. The monoisotopic (exact) mass is 343 g/mol. The fraction of sp³-hybridized carbons (Fsp3) is 0.235. The highest BCUT2D eigenvalue weighted by Crippen LogP contribution is 2.35. The van der Waals surface area contributed by atoms with E-state index in [9.17, 15) is 14.7 Å². The van der Waals surface area contributed by atoms with Gasteiger partial charge in [-0.1, -0.05) is 6.07 Å². The minimum absolute atomic E-state index is 0.148. The van der Waals surface area contributed by atoms with Crippen molar-refractivity contribution in [1.82, 2.24) is 15.6 Å². The van der Waals surface area contributed by atoms with Gasteiger partial charge in [-0.05, 0) is 23.8 Å². The Bertz CT molecular complexity index is 822. The molecule has 8 heteroatoms. The summed E-state index contributed by atoms with van der Waals surface area (Å²) in [6, 6.07) is 6.82. The fourth-order valence-electron chi connectivity index (χ4n) is 2.34. The van der Waals surface area contributed by atoms with Gasteiger partial charge in [-0.15, -0.1) is 0 Å². The number of fused-ring (bicyclic) bond motifs is 1. The standard InChI is InChI=1S/C17H17N3O5/c1-18-15(22)9-20-17(23)16-12(21)6-11(8-19-16)10-2-3-13-14(7-10)25-5-4-24-13/h2-3,6-8,21H,4-5,9H2,1H3,(H,18,22)(H,20,23). The molecule has 0 unspecified atom stereocenters. The summed E-state index contributed by atoms with van der Waals surface area (Å²) in [7, 11) is 1.46. The number of likely N-dealkylation sites (N-methyl/N-ethyl adjacent to an activating group) is 1. The SMILES string of the molecule is CNC(=O)CNC(=O)c1ncc(-c2ccc3c(c2)OCCO3)cc1O. The van der Waals surface area contributed by atoms with Crippen LogP contribution in [0.3, 0.4) is 0 Å². The maximum Gasteiger partial charge on any atom is 0.274 e. The van der Waals surface area contributed by atoms with Gasteiger partial charge in [-0.2, -0.15) is 0 Å². The van der Waals surface area contributed by atoms with Gasteiger partial charge in [-0.3, -0.25) is 9.59 Å². The molecule has 1 aromatic carbocycles. The number of ether oxygens (including phenoxy) is 2. The topological polar surface area (TPSA) is 110 Å². The second-order valence-electron chi connectivity index (χ2n) is 5.31. The van der Waals surface area contributed by atoms with E-state index >= 15 is 0 Å². The quantitative estimate of drug-likeness (QED) is 0.754. The smallest absolute Gasteiger partial charge is 0.274 e. The normalized spacial score (nSPS) is 12.4. The van der Waals surface area contributed by atoms with Gasteiger partial charge in [0.15, 0.2) is 17.2 Å². The summed E-state index contributed by atoms with van der Waals surface area (Å²) in [5.41, 5.74) is 1.24. The third-order valence-electron chi connectivity index (χ3n) is 3.65. The zero-order chi connectivity index (χ0) is 17.8. The minimum Gasteiger partial charge on any atom is -0.505 e. The summed E-state index contributed by atoms with van der Waals surface area (Å²) in [5.74, 6) is 0.0328. The largest absolute Gasteiger partial charge is 0.505 e. The van der Waals surface area contributed by atoms with Crippen LogP contribution in [0.5, 0.6) is 17.2 Å². The molecule has 130 valence electrons. The van der Waals surface area contributed by atoms with Crippen LogP contribution in [0.4, 0.5) is 0 Å². The molecule has 2 aromatic rings. The summed E-state index contributed by atoms with van der Waals surface area (Å²) in [4.78, 5) is 27.1. The summed E-state index contributed by atoms with van der Waals surface area (Å²) < 4.78 is 11.0. The Hall–Kier alpha value is -3.29. The van der Waals surface area contributed by atoms with E-state index in [0.717, 1.165) is 5.56 Å². The molecule has 3 N–H and O–H groups in total. The molecular formula is C17H17N3O5. The molecule has 0 saturated carbocycles. The Morgan fingerprint density at radius 1 is 1.16 bits per heavy atom. The Balaban J connectivity index is 1.80. The third-order valence-corrected chi connectivity index (χ3v) is 3.65. The molecule has 1 aliphatic heterocycles. The molecule has 0 atom stereocenters. The molecule has 2 heterocycles. The van der Waals surface area contributed by atoms with Crippen LogP contribution in [0, 0.1) is 0 Å². The number of nitrogens with zero attached hydrogens (tertiary/aromatic N) is 1. The lowest BCUT2D eigenvalue weighted by atomic mass is 10.1. The number of aromatic nitrogens is 1. The molecule has 0 aliphatic carbocycles. The minimum atomic E-state index is -0.630. The van der Waals surface area contributed by atoms with E-state index < -0.39 is 5.91 Å². The van der Waals surface area contributed by atoms with E-state index in [1.807, 2.05) is 6.07 Å². The lowest BCUT2D eigenvalue weighted by molar-refractivity contribution is -0.119. The van der Waals surface area contributed by atoms with Crippen molar-refractivity contribution in [2.45, 2.75) is 0 Å². The van der Waals surface area contributed by atoms with Crippen molar-refractivity contribution < 1.29 is 24.2 Å². The number of nitrogens with one attached hydrogen (secondary N) is 2. The first-order valence-corrected chi connectivity index (χ1v) is 7.66. The van der Waals surface area contributed by atoms with Gasteiger partial charge in [0.05, 0.1) is 6.54 Å². The van der Waals surface area contributed by atoms with E-state index in [4.69, 9.17) is 9.47 Å². The van der Waals surface area contributed by atoms with E-state index in [1.165, 1.54) is 19.3 Å². The number of pyridine rings is 1. The summed E-state index contributed by atoms with van der Waals surface area (Å²) in [6.45, 7) is 0.791. The third kappa shape index (κ3) is 3.63. The van der Waals surface area contributed by atoms with Crippen molar-refractivity contribution in [3.63, 3.8) is 0 Å². The van der Waals surface area contributed by atoms with Crippen LogP contribution in [0.15, 0.2) is 30.5 Å². The first-order valence-electron chi connectivity index (χ1n) is 7.66.